The number of carbonyl (C=O) groups is 1. The van der Waals surface area contributed by atoms with E-state index < -0.39 is 0 Å². The second kappa shape index (κ2) is 3.66. The van der Waals surface area contributed by atoms with Crippen LogP contribution in [0, 0.1) is 5.92 Å². The van der Waals surface area contributed by atoms with Crippen molar-refractivity contribution in [3.05, 3.63) is 0 Å². The Morgan fingerprint density at radius 3 is 2.77 bits per heavy atom. The van der Waals surface area contributed by atoms with Crippen LogP contribution in [0.4, 0.5) is 0 Å². The van der Waals surface area contributed by atoms with Crippen molar-refractivity contribution in [1.82, 2.24) is 10.2 Å². The van der Waals surface area contributed by atoms with Crippen LogP contribution in [0.3, 0.4) is 0 Å². The molecule has 1 atom stereocenters. The van der Waals surface area contributed by atoms with E-state index in [1.54, 1.807) is 0 Å². The lowest BCUT2D eigenvalue weighted by molar-refractivity contribution is -0.128. The normalized spacial score (nSPS) is 30.4. The third-order valence-electron chi connectivity index (χ3n) is 3.31. The van der Waals surface area contributed by atoms with Crippen LogP contribution in [0.15, 0.2) is 0 Å². The molecular weight excluding hydrogens is 164 g/mol. The molecule has 2 aliphatic rings. The molecule has 1 unspecified atom stereocenters. The average molecular weight is 182 g/mol. The summed E-state index contributed by atoms with van der Waals surface area (Å²) in [5.41, 5.74) is 0. The summed E-state index contributed by atoms with van der Waals surface area (Å²) in [7, 11) is 0. The largest absolute Gasteiger partial charge is 0.326 e. The Hall–Kier alpha value is -0.570. The predicted molar refractivity (Wildman–Crippen MR) is 51.1 cm³/mol. The van der Waals surface area contributed by atoms with Gasteiger partial charge >= 0.3 is 0 Å². The van der Waals surface area contributed by atoms with E-state index in [9.17, 15) is 4.79 Å². The second-order valence-corrected chi connectivity index (χ2v) is 4.05. The summed E-state index contributed by atoms with van der Waals surface area (Å²) in [6, 6.07) is 0. The highest BCUT2D eigenvalue weighted by molar-refractivity contribution is 5.80. The molecule has 1 saturated carbocycles. The quantitative estimate of drug-likeness (QED) is 0.689. The maximum atomic E-state index is 11.4. The monoisotopic (exact) mass is 182 g/mol. The molecule has 3 nitrogen and oxygen atoms in total. The van der Waals surface area contributed by atoms with Crippen molar-refractivity contribution < 1.29 is 4.79 Å². The molecule has 2 rings (SSSR count). The molecule has 13 heavy (non-hydrogen) atoms. The number of likely N-dealkylation sites (N-methyl/N-ethyl adjacent to an activating group) is 1. The zero-order valence-electron chi connectivity index (χ0n) is 8.25. The fourth-order valence-corrected chi connectivity index (χ4v) is 2.63. The van der Waals surface area contributed by atoms with Gasteiger partial charge in [-0.15, -0.1) is 0 Å². The van der Waals surface area contributed by atoms with Gasteiger partial charge in [-0.2, -0.15) is 0 Å². The second-order valence-electron chi connectivity index (χ2n) is 4.05. The fraction of sp³-hybridized carbons (Fsp3) is 0.900. The zero-order valence-corrected chi connectivity index (χ0v) is 8.25. The number of hydrogen-bond donors (Lipinski definition) is 1. The van der Waals surface area contributed by atoms with E-state index in [-0.39, 0.29) is 5.91 Å². The van der Waals surface area contributed by atoms with Crippen LogP contribution in [-0.2, 0) is 4.79 Å². The highest BCUT2D eigenvalue weighted by atomic mass is 16.2. The highest BCUT2D eigenvalue weighted by Crippen LogP contribution is 2.30. The molecule has 1 aliphatic carbocycles. The van der Waals surface area contributed by atoms with E-state index in [0.717, 1.165) is 6.54 Å². The first-order valence-corrected chi connectivity index (χ1v) is 5.35. The standard InChI is InChI=1S/C10H18N2O/c1-2-12-9(13)7-11-10(12)8-5-3-4-6-8/h8,10-11H,2-7H2,1H3. The SMILES string of the molecule is CCN1C(=O)CNC1C1CCCC1. The summed E-state index contributed by atoms with van der Waals surface area (Å²) >= 11 is 0. The van der Waals surface area contributed by atoms with Crippen LogP contribution in [0.5, 0.6) is 0 Å². The van der Waals surface area contributed by atoms with Gasteiger partial charge in [-0.1, -0.05) is 12.8 Å². The van der Waals surface area contributed by atoms with E-state index in [4.69, 9.17) is 0 Å². The summed E-state index contributed by atoms with van der Waals surface area (Å²) in [6.07, 6.45) is 5.62. The fourth-order valence-electron chi connectivity index (χ4n) is 2.63. The van der Waals surface area contributed by atoms with Gasteiger partial charge in [0.25, 0.3) is 0 Å². The Morgan fingerprint density at radius 2 is 2.15 bits per heavy atom. The third kappa shape index (κ3) is 1.57. The van der Waals surface area contributed by atoms with Gasteiger partial charge in [0.05, 0.1) is 12.7 Å². The maximum absolute atomic E-state index is 11.4. The van der Waals surface area contributed by atoms with Crippen LogP contribution in [0.2, 0.25) is 0 Å². The van der Waals surface area contributed by atoms with Crippen LogP contribution < -0.4 is 5.32 Å². The van der Waals surface area contributed by atoms with Crippen LogP contribution >= 0.6 is 0 Å². The van der Waals surface area contributed by atoms with Gasteiger partial charge in [-0.3, -0.25) is 10.1 Å². The lowest BCUT2D eigenvalue weighted by Gasteiger charge is -2.27. The average Bonchev–Trinajstić information content (AvgIpc) is 2.71. The van der Waals surface area contributed by atoms with Crippen molar-refractivity contribution in [2.75, 3.05) is 13.1 Å². The maximum Gasteiger partial charge on any atom is 0.237 e. The van der Waals surface area contributed by atoms with Crippen LogP contribution in [0.1, 0.15) is 32.6 Å². The molecule has 1 saturated heterocycles. The molecule has 0 bridgehead atoms. The summed E-state index contributed by atoms with van der Waals surface area (Å²) < 4.78 is 0. The zero-order chi connectivity index (χ0) is 9.26. The Morgan fingerprint density at radius 1 is 1.46 bits per heavy atom. The molecule has 2 fully saturated rings. The minimum absolute atomic E-state index is 0.277. The summed E-state index contributed by atoms with van der Waals surface area (Å²) in [4.78, 5) is 13.4. The van der Waals surface area contributed by atoms with Gasteiger partial charge in [-0.05, 0) is 25.7 Å². The number of rotatable bonds is 2. The van der Waals surface area contributed by atoms with Gasteiger partial charge in [0.2, 0.25) is 5.91 Å². The van der Waals surface area contributed by atoms with Crippen molar-refractivity contribution in [1.29, 1.82) is 0 Å². The summed E-state index contributed by atoms with van der Waals surface area (Å²) in [6.45, 7) is 3.47. The van der Waals surface area contributed by atoms with Gasteiger partial charge in [-0.25, -0.2) is 0 Å². The van der Waals surface area contributed by atoms with Crippen molar-refractivity contribution in [2.45, 2.75) is 38.8 Å². The van der Waals surface area contributed by atoms with Crippen LogP contribution in [-0.4, -0.2) is 30.1 Å². The van der Waals surface area contributed by atoms with E-state index >= 15 is 0 Å². The molecule has 1 N–H and O–H groups in total. The number of carbonyl (C=O) groups excluding carboxylic acids is 1. The van der Waals surface area contributed by atoms with E-state index in [1.807, 2.05) is 4.90 Å². The number of nitrogens with zero attached hydrogens (tertiary/aromatic N) is 1. The van der Waals surface area contributed by atoms with Gasteiger partial charge in [0, 0.05) is 6.54 Å². The molecule has 1 aliphatic heterocycles. The minimum atomic E-state index is 0.277. The van der Waals surface area contributed by atoms with Crippen molar-refractivity contribution >= 4 is 5.91 Å². The molecule has 0 radical (unpaired) electrons. The van der Waals surface area contributed by atoms with Gasteiger partial charge in [0.1, 0.15) is 0 Å². The van der Waals surface area contributed by atoms with E-state index in [0.29, 0.717) is 18.6 Å². The Balaban J connectivity index is 2.01. The van der Waals surface area contributed by atoms with E-state index in [2.05, 4.69) is 12.2 Å². The predicted octanol–water partition coefficient (Wildman–Crippen LogP) is 0.954. The van der Waals surface area contributed by atoms with Crippen molar-refractivity contribution in [3.63, 3.8) is 0 Å². The summed E-state index contributed by atoms with van der Waals surface area (Å²) in [5.74, 6) is 0.991. The Labute approximate surface area is 79.5 Å². The summed E-state index contributed by atoms with van der Waals surface area (Å²) in [5, 5.41) is 3.33. The van der Waals surface area contributed by atoms with Crippen molar-refractivity contribution in [2.24, 2.45) is 5.92 Å². The molecule has 74 valence electrons. The first-order chi connectivity index (χ1) is 6.33. The molecule has 1 amide bonds. The lowest BCUT2D eigenvalue weighted by atomic mass is 10.0. The molecule has 0 spiro atoms. The topological polar surface area (TPSA) is 32.3 Å². The minimum Gasteiger partial charge on any atom is -0.326 e. The Kier molecular flexibility index (Phi) is 2.54. The third-order valence-corrected chi connectivity index (χ3v) is 3.31. The van der Waals surface area contributed by atoms with Crippen LogP contribution in [0.25, 0.3) is 0 Å². The molecule has 1 heterocycles. The first-order valence-electron chi connectivity index (χ1n) is 5.35. The van der Waals surface area contributed by atoms with Crippen molar-refractivity contribution in [3.8, 4) is 0 Å². The van der Waals surface area contributed by atoms with Gasteiger partial charge < -0.3 is 4.90 Å². The highest BCUT2D eigenvalue weighted by Gasteiger charge is 2.35. The van der Waals surface area contributed by atoms with Gasteiger partial charge in [0.15, 0.2) is 0 Å². The number of amides is 1. The molecule has 0 aromatic rings. The van der Waals surface area contributed by atoms with E-state index in [1.165, 1.54) is 25.7 Å². The Bertz CT molecular complexity index is 199. The number of nitrogens with one attached hydrogen (secondary N) is 1. The molecule has 0 aromatic carbocycles. The molecule has 0 aromatic heterocycles. The molecule has 3 heteroatoms. The molecular formula is C10H18N2O. The smallest absolute Gasteiger partial charge is 0.237 e. The number of hydrogen-bond acceptors (Lipinski definition) is 2. The first kappa shape index (κ1) is 9.00. The lowest BCUT2D eigenvalue weighted by Crippen LogP contribution is -2.42.